The molecule has 0 saturated carbocycles. The third kappa shape index (κ3) is 3.81. The standard InChI is InChI=1S/C14H21ClN4S/c1-4-16-12(14-11(15)5-6-20-14)7-13-17-9-18-19(13)8-10(2)3/h5-6,9-10,12,16H,4,7-8H2,1-3H3. The van der Waals surface area contributed by atoms with Gasteiger partial charge in [0.15, 0.2) is 0 Å². The SMILES string of the molecule is CCNC(Cc1ncnn1CC(C)C)c1sccc1Cl. The van der Waals surface area contributed by atoms with E-state index in [1.807, 2.05) is 16.1 Å². The Morgan fingerprint density at radius 3 is 2.85 bits per heavy atom. The topological polar surface area (TPSA) is 42.7 Å². The van der Waals surface area contributed by atoms with Crippen LogP contribution in [0.2, 0.25) is 5.02 Å². The maximum atomic E-state index is 6.26. The van der Waals surface area contributed by atoms with Gasteiger partial charge >= 0.3 is 0 Å². The summed E-state index contributed by atoms with van der Waals surface area (Å²) >= 11 is 7.95. The molecule has 0 spiro atoms. The van der Waals surface area contributed by atoms with Crippen molar-refractivity contribution in [3.8, 4) is 0 Å². The third-order valence-electron chi connectivity index (χ3n) is 3.03. The van der Waals surface area contributed by atoms with Gasteiger partial charge in [-0.15, -0.1) is 11.3 Å². The lowest BCUT2D eigenvalue weighted by molar-refractivity contribution is 0.448. The Morgan fingerprint density at radius 1 is 1.45 bits per heavy atom. The molecule has 6 heteroatoms. The minimum absolute atomic E-state index is 0.197. The number of hydrogen-bond acceptors (Lipinski definition) is 4. The molecule has 0 bridgehead atoms. The van der Waals surface area contributed by atoms with Crippen molar-refractivity contribution < 1.29 is 0 Å². The molecule has 0 radical (unpaired) electrons. The van der Waals surface area contributed by atoms with E-state index in [0.717, 1.165) is 30.4 Å². The summed E-state index contributed by atoms with van der Waals surface area (Å²) in [5, 5.41) is 10.7. The van der Waals surface area contributed by atoms with Crippen molar-refractivity contribution in [1.82, 2.24) is 20.1 Å². The van der Waals surface area contributed by atoms with Crippen LogP contribution in [0.25, 0.3) is 0 Å². The molecule has 0 aliphatic rings. The van der Waals surface area contributed by atoms with Gasteiger partial charge in [-0.3, -0.25) is 0 Å². The lowest BCUT2D eigenvalue weighted by atomic mass is 10.1. The zero-order chi connectivity index (χ0) is 14.5. The van der Waals surface area contributed by atoms with E-state index in [-0.39, 0.29) is 6.04 Å². The van der Waals surface area contributed by atoms with Crippen LogP contribution in [-0.2, 0) is 13.0 Å². The largest absolute Gasteiger partial charge is 0.309 e. The first-order valence-electron chi connectivity index (χ1n) is 6.94. The van der Waals surface area contributed by atoms with Crippen LogP contribution in [-0.4, -0.2) is 21.3 Å². The number of thiophene rings is 1. The highest BCUT2D eigenvalue weighted by Crippen LogP contribution is 2.30. The second-order valence-corrected chi connectivity index (χ2v) is 6.55. The van der Waals surface area contributed by atoms with Crippen LogP contribution in [0.4, 0.5) is 0 Å². The number of aromatic nitrogens is 3. The van der Waals surface area contributed by atoms with Crippen molar-refractivity contribution in [2.24, 2.45) is 5.92 Å². The number of nitrogens with zero attached hydrogens (tertiary/aromatic N) is 3. The molecule has 2 rings (SSSR count). The molecule has 2 aromatic rings. The maximum Gasteiger partial charge on any atom is 0.138 e. The summed E-state index contributed by atoms with van der Waals surface area (Å²) in [4.78, 5) is 5.58. The van der Waals surface area contributed by atoms with E-state index >= 15 is 0 Å². The number of nitrogens with one attached hydrogen (secondary N) is 1. The Kier molecular flexibility index (Phi) is 5.57. The van der Waals surface area contributed by atoms with Gasteiger partial charge in [0.05, 0.1) is 11.1 Å². The normalized spacial score (nSPS) is 13.1. The van der Waals surface area contributed by atoms with E-state index < -0.39 is 0 Å². The van der Waals surface area contributed by atoms with E-state index in [1.165, 1.54) is 4.88 Å². The van der Waals surface area contributed by atoms with E-state index in [2.05, 4.69) is 36.2 Å². The van der Waals surface area contributed by atoms with Crippen LogP contribution < -0.4 is 5.32 Å². The van der Waals surface area contributed by atoms with Gasteiger partial charge in [-0.25, -0.2) is 9.67 Å². The van der Waals surface area contributed by atoms with Gasteiger partial charge < -0.3 is 5.32 Å². The average Bonchev–Trinajstić information content (AvgIpc) is 2.98. The van der Waals surface area contributed by atoms with Crippen molar-refractivity contribution in [1.29, 1.82) is 0 Å². The number of rotatable bonds is 7. The summed E-state index contributed by atoms with van der Waals surface area (Å²) in [5.41, 5.74) is 0. The first-order chi connectivity index (χ1) is 9.61. The smallest absolute Gasteiger partial charge is 0.138 e. The highest BCUT2D eigenvalue weighted by Gasteiger charge is 2.19. The van der Waals surface area contributed by atoms with Crippen LogP contribution in [0.5, 0.6) is 0 Å². The molecular weight excluding hydrogens is 292 g/mol. The van der Waals surface area contributed by atoms with Crippen LogP contribution in [0, 0.1) is 5.92 Å². The van der Waals surface area contributed by atoms with Crippen molar-refractivity contribution in [3.05, 3.63) is 33.5 Å². The number of hydrogen-bond donors (Lipinski definition) is 1. The van der Waals surface area contributed by atoms with E-state index in [9.17, 15) is 0 Å². The molecule has 0 amide bonds. The van der Waals surface area contributed by atoms with E-state index in [4.69, 9.17) is 11.6 Å². The van der Waals surface area contributed by atoms with Crippen molar-refractivity contribution in [2.75, 3.05) is 6.54 Å². The number of likely N-dealkylation sites (N-methyl/N-ethyl adjacent to an activating group) is 1. The summed E-state index contributed by atoms with van der Waals surface area (Å²) in [7, 11) is 0. The molecule has 0 aliphatic heterocycles. The molecule has 1 N–H and O–H groups in total. The molecule has 110 valence electrons. The molecule has 0 aliphatic carbocycles. The first-order valence-corrected chi connectivity index (χ1v) is 8.20. The zero-order valence-corrected chi connectivity index (χ0v) is 13.7. The van der Waals surface area contributed by atoms with E-state index in [1.54, 1.807) is 17.7 Å². The number of halogens is 1. The van der Waals surface area contributed by atoms with Crippen LogP contribution in [0.1, 0.15) is 37.5 Å². The van der Waals surface area contributed by atoms with Gasteiger partial charge in [-0.2, -0.15) is 5.10 Å². The molecule has 1 atom stereocenters. The lowest BCUT2D eigenvalue weighted by Crippen LogP contribution is -2.24. The van der Waals surface area contributed by atoms with Gasteiger partial charge in [-0.05, 0) is 23.9 Å². The second-order valence-electron chi connectivity index (χ2n) is 5.20. The van der Waals surface area contributed by atoms with Gasteiger partial charge in [-0.1, -0.05) is 32.4 Å². The fourth-order valence-corrected chi connectivity index (χ4v) is 3.45. The molecule has 0 saturated heterocycles. The van der Waals surface area contributed by atoms with Crippen molar-refractivity contribution >= 4 is 22.9 Å². The molecular formula is C14H21ClN4S. The fourth-order valence-electron chi connectivity index (χ4n) is 2.19. The summed E-state index contributed by atoms with van der Waals surface area (Å²) in [5.74, 6) is 1.56. The summed E-state index contributed by atoms with van der Waals surface area (Å²) < 4.78 is 2.00. The highest BCUT2D eigenvalue weighted by molar-refractivity contribution is 7.10. The van der Waals surface area contributed by atoms with Gasteiger partial charge in [0.1, 0.15) is 12.2 Å². The lowest BCUT2D eigenvalue weighted by Gasteiger charge is -2.17. The molecule has 4 nitrogen and oxygen atoms in total. The van der Waals surface area contributed by atoms with Gasteiger partial charge in [0.25, 0.3) is 0 Å². The van der Waals surface area contributed by atoms with Crippen LogP contribution in [0.15, 0.2) is 17.8 Å². The minimum atomic E-state index is 0.197. The Hall–Kier alpha value is -0.910. The minimum Gasteiger partial charge on any atom is -0.309 e. The molecule has 1 unspecified atom stereocenters. The predicted molar refractivity (Wildman–Crippen MR) is 84.3 cm³/mol. The first kappa shape index (κ1) is 15.5. The molecule has 2 heterocycles. The third-order valence-corrected chi connectivity index (χ3v) is 4.50. The monoisotopic (exact) mass is 312 g/mol. The quantitative estimate of drug-likeness (QED) is 0.850. The van der Waals surface area contributed by atoms with Crippen LogP contribution >= 0.6 is 22.9 Å². The van der Waals surface area contributed by atoms with Gasteiger partial charge in [0, 0.05) is 17.8 Å². The Labute approximate surface area is 129 Å². The molecule has 0 aromatic carbocycles. The molecule has 2 aromatic heterocycles. The van der Waals surface area contributed by atoms with Crippen molar-refractivity contribution in [3.63, 3.8) is 0 Å². The molecule has 0 fully saturated rings. The Balaban J connectivity index is 2.17. The predicted octanol–water partition coefficient (Wildman–Crippen LogP) is 3.54. The fraction of sp³-hybridized carbons (Fsp3) is 0.571. The summed E-state index contributed by atoms with van der Waals surface area (Å²) in [6, 6.07) is 2.15. The van der Waals surface area contributed by atoms with Crippen molar-refractivity contribution in [2.45, 2.75) is 39.8 Å². The Morgan fingerprint density at radius 2 is 2.25 bits per heavy atom. The summed E-state index contributed by atoms with van der Waals surface area (Å²) in [6.45, 7) is 8.27. The Bertz CT molecular complexity index is 535. The zero-order valence-electron chi connectivity index (χ0n) is 12.1. The average molecular weight is 313 g/mol. The van der Waals surface area contributed by atoms with Gasteiger partial charge in [0.2, 0.25) is 0 Å². The summed E-state index contributed by atoms with van der Waals surface area (Å²) in [6.07, 6.45) is 2.44. The maximum absolute atomic E-state index is 6.26. The second kappa shape index (κ2) is 7.20. The highest BCUT2D eigenvalue weighted by atomic mass is 35.5. The molecule has 20 heavy (non-hydrogen) atoms. The van der Waals surface area contributed by atoms with Crippen LogP contribution in [0.3, 0.4) is 0 Å². The van der Waals surface area contributed by atoms with E-state index in [0.29, 0.717) is 5.92 Å².